The molecular weight excluding hydrogens is 214 g/mol. The van der Waals surface area contributed by atoms with E-state index in [1.165, 1.54) is 0 Å². The zero-order valence-corrected chi connectivity index (χ0v) is 10.4. The first kappa shape index (κ1) is 12.0. The van der Waals surface area contributed by atoms with Gasteiger partial charge in [0.1, 0.15) is 0 Å². The number of carbonyl (C=O) groups excluding carboxylic acids is 1. The highest BCUT2D eigenvalue weighted by Gasteiger charge is 2.36. The van der Waals surface area contributed by atoms with E-state index in [1.807, 2.05) is 12.1 Å². The molecule has 92 valence electrons. The summed E-state index contributed by atoms with van der Waals surface area (Å²) in [7, 11) is 0. The molecule has 2 N–H and O–H groups in total. The molecule has 0 spiro atoms. The van der Waals surface area contributed by atoms with E-state index in [2.05, 4.69) is 29.5 Å². The van der Waals surface area contributed by atoms with Gasteiger partial charge in [-0.05, 0) is 36.9 Å². The Bertz CT molecular complexity index is 389. The number of rotatable bonds is 2. The molecule has 1 saturated heterocycles. The molecule has 0 aliphatic carbocycles. The molecule has 2 rings (SSSR count). The fourth-order valence-electron chi connectivity index (χ4n) is 2.31. The van der Waals surface area contributed by atoms with Gasteiger partial charge in [-0.1, -0.05) is 13.8 Å². The molecule has 17 heavy (non-hydrogen) atoms. The van der Waals surface area contributed by atoms with E-state index in [9.17, 15) is 4.79 Å². The topological polar surface area (TPSA) is 54.0 Å². The van der Waals surface area contributed by atoms with Gasteiger partial charge in [-0.15, -0.1) is 0 Å². The second-order valence-electron chi connectivity index (χ2n) is 5.21. The van der Waals surface area contributed by atoms with Gasteiger partial charge < -0.3 is 10.6 Å². The molecule has 4 nitrogen and oxygen atoms in total. The summed E-state index contributed by atoms with van der Waals surface area (Å²) in [6.07, 6.45) is 5.56. The predicted molar refractivity (Wildman–Crippen MR) is 67.7 cm³/mol. The highest BCUT2D eigenvalue weighted by atomic mass is 16.2. The summed E-state index contributed by atoms with van der Waals surface area (Å²) in [6.45, 7) is 5.17. The molecule has 1 aliphatic heterocycles. The van der Waals surface area contributed by atoms with Crippen molar-refractivity contribution in [3.8, 4) is 0 Å². The van der Waals surface area contributed by atoms with Crippen molar-refractivity contribution in [1.82, 2.24) is 10.3 Å². The fraction of sp³-hybridized carbons (Fsp3) is 0.538. The van der Waals surface area contributed by atoms with Crippen LogP contribution in [0.15, 0.2) is 24.5 Å². The van der Waals surface area contributed by atoms with E-state index >= 15 is 0 Å². The summed E-state index contributed by atoms with van der Waals surface area (Å²) < 4.78 is 0. The molecule has 0 bridgehead atoms. The number of amides is 1. The number of hydrogen-bond donors (Lipinski definition) is 2. The molecule has 1 unspecified atom stereocenters. The van der Waals surface area contributed by atoms with Gasteiger partial charge in [0.05, 0.1) is 17.9 Å². The molecule has 4 heteroatoms. The van der Waals surface area contributed by atoms with Crippen molar-refractivity contribution in [3.63, 3.8) is 0 Å². The second-order valence-corrected chi connectivity index (χ2v) is 5.21. The standard InChI is InChI=1S/C13H19N3O/c1-13(2)6-4-8-15-11(13)12(17)16-10-5-3-7-14-9-10/h3,5,7,9,11,15H,4,6,8H2,1-2H3,(H,16,17). The Labute approximate surface area is 102 Å². The van der Waals surface area contributed by atoms with Gasteiger partial charge in [0.15, 0.2) is 0 Å². The number of carbonyl (C=O) groups is 1. The Balaban J connectivity index is 2.04. The number of nitrogens with zero attached hydrogens (tertiary/aromatic N) is 1. The van der Waals surface area contributed by atoms with Crippen LogP contribution in [0.3, 0.4) is 0 Å². The van der Waals surface area contributed by atoms with E-state index in [1.54, 1.807) is 12.4 Å². The maximum absolute atomic E-state index is 12.2. The Morgan fingerprint density at radius 1 is 1.59 bits per heavy atom. The molecule has 0 aromatic carbocycles. The van der Waals surface area contributed by atoms with Crippen LogP contribution in [0.5, 0.6) is 0 Å². The van der Waals surface area contributed by atoms with Crippen molar-refractivity contribution in [1.29, 1.82) is 0 Å². The summed E-state index contributed by atoms with van der Waals surface area (Å²) in [5.74, 6) is 0.0303. The predicted octanol–water partition coefficient (Wildman–Crippen LogP) is 1.80. The van der Waals surface area contributed by atoms with E-state index in [4.69, 9.17) is 0 Å². The zero-order chi connectivity index (χ0) is 12.3. The van der Waals surface area contributed by atoms with Crippen molar-refractivity contribution in [3.05, 3.63) is 24.5 Å². The molecule has 1 fully saturated rings. The first-order chi connectivity index (χ1) is 8.09. The minimum atomic E-state index is -0.128. The molecule has 0 saturated carbocycles. The first-order valence-electron chi connectivity index (χ1n) is 6.04. The van der Waals surface area contributed by atoms with Crippen molar-refractivity contribution >= 4 is 11.6 Å². The Kier molecular flexibility index (Phi) is 3.43. The second kappa shape index (κ2) is 4.84. The van der Waals surface area contributed by atoms with E-state index in [-0.39, 0.29) is 17.4 Å². The lowest BCUT2D eigenvalue weighted by molar-refractivity contribution is -0.121. The van der Waals surface area contributed by atoms with E-state index in [0.717, 1.165) is 25.1 Å². The maximum atomic E-state index is 12.2. The molecule has 1 aromatic heterocycles. The number of hydrogen-bond acceptors (Lipinski definition) is 3. The molecule has 0 radical (unpaired) electrons. The largest absolute Gasteiger partial charge is 0.323 e. The average Bonchev–Trinajstić information content (AvgIpc) is 2.29. The van der Waals surface area contributed by atoms with Crippen LogP contribution in [-0.4, -0.2) is 23.5 Å². The summed E-state index contributed by atoms with van der Waals surface area (Å²) in [4.78, 5) is 16.2. The van der Waals surface area contributed by atoms with Crippen LogP contribution in [0.4, 0.5) is 5.69 Å². The van der Waals surface area contributed by atoms with Crippen molar-refractivity contribution in [2.75, 3.05) is 11.9 Å². The minimum Gasteiger partial charge on any atom is -0.323 e. The number of aromatic nitrogens is 1. The summed E-state index contributed by atoms with van der Waals surface area (Å²) in [5.41, 5.74) is 0.755. The zero-order valence-electron chi connectivity index (χ0n) is 10.4. The normalized spacial score (nSPS) is 23.1. The van der Waals surface area contributed by atoms with Gasteiger partial charge in [-0.25, -0.2) is 0 Å². The van der Waals surface area contributed by atoms with Crippen LogP contribution in [0.1, 0.15) is 26.7 Å². The highest BCUT2D eigenvalue weighted by Crippen LogP contribution is 2.30. The third kappa shape index (κ3) is 2.82. The lowest BCUT2D eigenvalue weighted by Crippen LogP contribution is -2.53. The Morgan fingerprint density at radius 3 is 3.06 bits per heavy atom. The fourth-order valence-corrected chi connectivity index (χ4v) is 2.31. The van der Waals surface area contributed by atoms with Gasteiger partial charge in [0.2, 0.25) is 5.91 Å². The van der Waals surface area contributed by atoms with Crippen LogP contribution in [-0.2, 0) is 4.79 Å². The van der Waals surface area contributed by atoms with Gasteiger partial charge >= 0.3 is 0 Å². The number of piperidine rings is 1. The molecule has 1 amide bonds. The quantitative estimate of drug-likeness (QED) is 0.819. The summed E-state index contributed by atoms with van der Waals surface area (Å²) >= 11 is 0. The van der Waals surface area contributed by atoms with Crippen molar-refractivity contribution in [2.24, 2.45) is 5.41 Å². The van der Waals surface area contributed by atoms with Crippen LogP contribution in [0, 0.1) is 5.41 Å². The average molecular weight is 233 g/mol. The summed E-state index contributed by atoms with van der Waals surface area (Å²) in [5, 5.41) is 6.20. The third-order valence-electron chi connectivity index (χ3n) is 3.32. The minimum absolute atomic E-state index is 0.00451. The molecule has 1 aromatic rings. The van der Waals surface area contributed by atoms with Crippen molar-refractivity contribution < 1.29 is 4.79 Å². The van der Waals surface area contributed by atoms with Crippen molar-refractivity contribution in [2.45, 2.75) is 32.7 Å². The summed E-state index contributed by atoms with van der Waals surface area (Å²) in [6, 6.07) is 3.53. The smallest absolute Gasteiger partial charge is 0.242 e. The molecule has 1 aliphatic rings. The van der Waals surface area contributed by atoms with Crippen LogP contribution >= 0.6 is 0 Å². The first-order valence-corrected chi connectivity index (χ1v) is 6.04. The van der Waals surface area contributed by atoms with E-state index in [0.29, 0.717) is 0 Å². The lowest BCUT2D eigenvalue weighted by atomic mass is 9.77. The van der Waals surface area contributed by atoms with Gasteiger partial charge in [-0.2, -0.15) is 0 Å². The maximum Gasteiger partial charge on any atom is 0.242 e. The van der Waals surface area contributed by atoms with Gasteiger partial charge in [-0.3, -0.25) is 9.78 Å². The molecule has 1 atom stereocenters. The third-order valence-corrected chi connectivity index (χ3v) is 3.32. The molecule has 2 heterocycles. The Hall–Kier alpha value is -1.42. The van der Waals surface area contributed by atoms with Gasteiger partial charge in [0.25, 0.3) is 0 Å². The van der Waals surface area contributed by atoms with Crippen LogP contribution in [0.25, 0.3) is 0 Å². The highest BCUT2D eigenvalue weighted by molar-refractivity contribution is 5.95. The number of nitrogens with one attached hydrogen (secondary N) is 2. The lowest BCUT2D eigenvalue weighted by Gasteiger charge is -2.38. The van der Waals surface area contributed by atoms with Gasteiger partial charge in [0, 0.05) is 6.20 Å². The monoisotopic (exact) mass is 233 g/mol. The number of anilines is 1. The van der Waals surface area contributed by atoms with Crippen LogP contribution in [0.2, 0.25) is 0 Å². The van der Waals surface area contributed by atoms with E-state index < -0.39 is 0 Å². The molecular formula is C13H19N3O. The van der Waals surface area contributed by atoms with Crippen LogP contribution < -0.4 is 10.6 Å². The number of pyridine rings is 1. The SMILES string of the molecule is CC1(C)CCCNC1C(=O)Nc1cccnc1. The Morgan fingerprint density at radius 2 is 2.41 bits per heavy atom.